The van der Waals surface area contributed by atoms with Crippen molar-refractivity contribution in [1.82, 2.24) is 9.80 Å². The summed E-state index contributed by atoms with van der Waals surface area (Å²) >= 11 is 0. The van der Waals surface area contributed by atoms with Crippen molar-refractivity contribution in [2.24, 2.45) is 0 Å². The molecule has 0 saturated heterocycles. The molecule has 5 rings (SSSR count). The molecule has 3 amide bonds. The van der Waals surface area contributed by atoms with Crippen molar-refractivity contribution in [3.63, 3.8) is 0 Å². The summed E-state index contributed by atoms with van der Waals surface area (Å²) in [6.07, 6.45) is -4.98. The van der Waals surface area contributed by atoms with Gasteiger partial charge < -0.3 is 24.6 Å². The van der Waals surface area contributed by atoms with Crippen molar-refractivity contribution < 1.29 is 46.6 Å². The fraction of sp³-hybridized carbons (Fsp3) is 0.256. The number of nitrogens with zero attached hydrogens (tertiary/aromatic N) is 2. The molecule has 4 aromatic carbocycles. The number of carbonyl (C=O) groups excluding carboxylic acids is 5. The molecule has 1 unspecified atom stereocenters. The minimum Gasteiger partial charge on any atom is -0.467 e. The molecule has 0 aliphatic carbocycles. The summed E-state index contributed by atoms with van der Waals surface area (Å²) in [5, 5.41) is 2.76. The number of esters is 2. The quantitative estimate of drug-likeness (QED) is 0.192. The number of likely N-dealkylation sites (N-methyl/N-ethyl adjacent to an activating group) is 1. The van der Waals surface area contributed by atoms with Crippen molar-refractivity contribution in [3.05, 3.63) is 124 Å². The molecule has 0 radical (unpaired) electrons. The number of benzene rings is 4. The standard InChI is InChI=1S/C39H36F3N3O7/c1-6-45-35(48)27-13-7-8-15-29(27)38(45,37(50)51-5)22-52-31(46)21-25-12-10-16-30(33(25)36(49)44(3)4)43-34(47)28-14-9-11-23(2)32(28)24-17-19-26(20-18-24)39(40,41)42/h7-20H,6,21-22H2,1-5H3,(H,43,47). The van der Waals surface area contributed by atoms with Gasteiger partial charge in [0.15, 0.2) is 0 Å². The van der Waals surface area contributed by atoms with Gasteiger partial charge in [-0.05, 0) is 66.4 Å². The Morgan fingerprint density at radius 2 is 1.58 bits per heavy atom. The summed E-state index contributed by atoms with van der Waals surface area (Å²) in [5.41, 5.74) is -0.100. The van der Waals surface area contributed by atoms with Gasteiger partial charge in [0.2, 0.25) is 5.54 Å². The predicted molar refractivity (Wildman–Crippen MR) is 186 cm³/mol. The molecule has 1 atom stereocenters. The number of anilines is 1. The number of rotatable bonds is 10. The van der Waals surface area contributed by atoms with Crippen molar-refractivity contribution in [2.45, 2.75) is 32.0 Å². The summed E-state index contributed by atoms with van der Waals surface area (Å²) in [6, 6.07) is 20.4. The molecule has 1 heterocycles. The average molecular weight is 716 g/mol. The highest BCUT2D eigenvalue weighted by atomic mass is 19.4. The third-order valence-electron chi connectivity index (χ3n) is 8.96. The van der Waals surface area contributed by atoms with Gasteiger partial charge in [-0.15, -0.1) is 0 Å². The summed E-state index contributed by atoms with van der Waals surface area (Å²) in [5.74, 6) is -3.21. The third-order valence-corrected chi connectivity index (χ3v) is 8.96. The van der Waals surface area contributed by atoms with Crippen LogP contribution in [-0.2, 0) is 37.2 Å². The van der Waals surface area contributed by atoms with Crippen molar-refractivity contribution >= 4 is 35.3 Å². The number of halogens is 3. The van der Waals surface area contributed by atoms with Crippen LogP contribution in [0.3, 0.4) is 0 Å². The smallest absolute Gasteiger partial charge is 0.416 e. The zero-order valence-corrected chi connectivity index (χ0v) is 29.1. The minimum absolute atomic E-state index is 0.000730. The Hall–Kier alpha value is -5.98. The van der Waals surface area contributed by atoms with Crippen molar-refractivity contribution in [2.75, 3.05) is 39.7 Å². The monoisotopic (exact) mass is 715 g/mol. The number of hydrogen-bond donors (Lipinski definition) is 1. The fourth-order valence-corrected chi connectivity index (χ4v) is 6.49. The molecule has 0 spiro atoms. The zero-order chi connectivity index (χ0) is 38.0. The van der Waals surface area contributed by atoms with E-state index in [0.717, 1.165) is 12.1 Å². The van der Waals surface area contributed by atoms with Crippen LogP contribution in [-0.4, -0.2) is 73.8 Å². The number of fused-ring (bicyclic) bond motifs is 1. The summed E-state index contributed by atoms with van der Waals surface area (Å²) in [6.45, 7) is 2.97. The Morgan fingerprint density at radius 1 is 0.904 bits per heavy atom. The predicted octanol–water partition coefficient (Wildman–Crippen LogP) is 6.26. The molecule has 1 N–H and O–H groups in total. The molecule has 0 saturated carbocycles. The second-order valence-corrected chi connectivity index (χ2v) is 12.4. The third kappa shape index (κ3) is 6.85. The van der Waals surface area contributed by atoms with E-state index in [9.17, 15) is 37.1 Å². The zero-order valence-electron chi connectivity index (χ0n) is 29.1. The van der Waals surface area contributed by atoms with E-state index >= 15 is 0 Å². The Balaban J connectivity index is 1.45. The molecule has 13 heteroatoms. The van der Waals surface area contributed by atoms with E-state index in [2.05, 4.69) is 5.32 Å². The van der Waals surface area contributed by atoms with E-state index in [-0.39, 0.29) is 34.5 Å². The molecule has 0 fully saturated rings. The first kappa shape index (κ1) is 37.3. The van der Waals surface area contributed by atoms with Gasteiger partial charge in [-0.25, -0.2) is 4.79 Å². The van der Waals surface area contributed by atoms with E-state index in [4.69, 9.17) is 9.47 Å². The lowest BCUT2D eigenvalue weighted by Crippen LogP contribution is -2.53. The van der Waals surface area contributed by atoms with Gasteiger partial charge in [0, 0.05) is 37.3 Å². The number of ether oxygens (including phenoxy) is 2. The summed E-state index contributed by atoms with van der Waals surface area (Å²) < 4.78 is 50.5. The van der Waals surface area contributed by atoms with Gasteiger partial charge in [-0.1, -0.05) is 54.6 Å². The lowest BCUT2D eigenvalue weighted by Gasteiger charge is -2.35. The van der Waals surface area contributed by atoms with Crippen LogP contribution in [0.25, 0.3) is 11.1 Å². The number of amides is 3. The van der Waals surface area contributed by atoms with Gasteiger partial charge in [-0.2, -0.15) is 13.2 Å². The van der Waals surface area contributed by atoms with Crippen LogP contribution in [0.4, 0.5) is 18.9 Å². The highest BCUT2D eigenvalue weighted by Crippen LogP contribution is 2.41. The molecular weight excluding hydrogens is 679 g/mol. The Kier molecular flexibility index (Phi) is 10.5. The molecule has 270 valence electrons. The van der Waals surface area contributed by atoms with Crippen LogP contribution >= 0.6 is 0 Å². The van der Waals surface area contributed by atoms with E-state index in [0.29, 0.717) is 22.3 Å². The molecular formula is C39H36F3N3O7. The van der Waals surface area contributed by atoms with Crippen LogP contribution in [0.1, 0.15) is 60.3 Å². The van der Waals surface area contributed by atoms with Crippen LogP contribution in [0.5, 0.6) is 0 Å². The molecule has 1 aliphatic rings. The van der Waals surface area contributed by atoms with E-state index in [1.165, 1.54) is 61.3 Å². The Bertz CT molecular complexity index is 2060. The molecule has 1 aliphatic heterocycles. The number of aryl methyl sites for hydroxylation is 1. The van der Waals surface area contributed by atoms with E-state index < -0.39 is 60.0 Å². The first-order valence-corrected chi connectivity index (χ1v) is 16.2. The Morgan fingerprint density at radius 3 is 2.21 bits per heavy atom. The normalized spacial score (nSPS) is 15.2. The van der Waals surface area contributed by atoms with Crippen LogP contribution < -0.4 is 5.32 Å². The van der Waals surface area contributed by atoms with Crippen LogP contribution in [0.15, 0.2) is 84.9 Å². The van der Waals surface area contributed by atoms with Crippen LogP contribution in [0.2, 0.25) is 0 Å². The maximum absolute atomic E-state index is 13.8. The van der Waals surface area contributed by atoms with E-state index in [1.807, 2.05) is 0 Å². The Labute approximate surface area is 298 Å². The summed E-state index contributed by atoms with van der Waals surface area (Å²) in [4.78, 5) is 70.0. The first-order chi connectivity index (χ1) is 24.6. The SMILES string of the molecule is CCN1C(=O)c2ccccc2C1(COC(=O)Cc1cccc(NC(=O)c2cccc(C)c2-c2ccc(C(F)(F)F)cc2)c1C(=O)N(C)C)C(=O)OC. The number of nitrogens with one attached hydrogen (secondary N) is 1. The maximum atomic E-state index is 13.8. The molecule has 4 aromatic rings. The van der Waals surface area contributed by atoms with Gasteiger partial charge >= 0.3 is 18.1 Å². The highest BCUT2D eigenvalue weighted by Gasteiger charge is 2.56. The van der Waals surface area contributed by atoms with E-state index in [1.54, 1.807) is 56.3 Å². The number of carbonyl (C=O) groups is 5. The summed E-state index contributed by atoms with van der Waals surface area (Å²) in [7, 11) is 4.17. The number of hydrogen-bond acceptors (Lipinski definition) is 7. The molecule has 0 aromatic heterocycles. The molecule has 0 bridgehead atoms. The van der Waals surface area contributed by atoms with Crippen LogP contribution in [0, 0.1) is 6.92 Å². The second kappa shape index (κ2) is 14.7. The second-order valence-electron chi connectivity index (χ2n) is 12.4. The first-order valence-electron chi connectivity index (χ1n) is 16.2. The number of alkyl halides is 3. The van der Waals surface area contributed by atoms with Crippen molar-refractivity contribution in [1.29, 1.82) is 0 Å². The lowest BCUT2D eigenvalue weighted by atomic mass is 9.90. The largest absolute Gasteiger partial charge is 0.467 e. The van der Waals surface area contributed by atoms with Gasteiger partial charge in [0.1, 0.15) is 6.61 Å². The fourth-order valence-electron chi connectivity index (χ4n) is 6.49. The van der Waals surface area contributed by atoms with Gasteiger partial charge in [0.25, 0.3) is 17.7 Å². The maximum Gasteiger partial charge on any atom is 0.416 e. The lowest BCUT2D eigenvalue weighted by molar-refractivity contribution is -0.162. The number of methoxy groups -OCH3 is 1. The highest BCUT2D eigenvalue weighted by molar-refractivity contribution is 6.13. The minimum atomic E-state index is -4.53. The molecule has 52 heavy (non-hydrogen) atoms. The van der Waals surface area contributed by atoms with Gasteiger partial charge in [-0.3, -0.25) is 19.2 Å². The van der Waals surface area contributed by atoms with Gasteiger partial charge in [0.05, 0.1) is 30.3 Å². The average Bonchev–Trinajstić information content (AvgIpc) is 3.37. The van der Waals surface area contributed by atoms with Crippen molar-refractivity contribution in [3.8, 4) is 11.1 Å². The topological polar surface area (TPSA) is 122 Å². The molecule has 10 nitrogen and oxygen atoms in total.